The van der Waals surface area contributed by atoms with Crippen LogP contribution >= 0.6 is 12.2 Å². The van der Waals surface area contributed by atoms with E-state index >= 15 is 0 Å². The van der Waals surface area contributed by atoms with Gasteiger partial charge in [-0.05, 0) is 43.8 Å². The Bertz CT molecular complexity index is 916. The number of aliphatic imine (C=N–C) groups is 1. The Kier molecular flexibility index (Phi) is 5.46. The van der Waals surface area contributed by atoms with Crippen LogP contribution in [0.3, 0.4) is 0 Å². The van der Waals surface area contributed by atoms with Gasteiger partial charge in [0.1, 0.15) is 5.56 Å². The van der Waals surface area contributed by atoms with Gasteiger partial charge in [-0.1, -0.05) is 13.0 Å². The smallest absolute Gasteiger partial charge is 0.416 e. The number of benzene rings is 1. The number of hydrogen-bond acceptors (Lipinski definition) is 4. The second kappa shape index (κ2) is 7.22. The minimum Gasteiger partial charge on any atom is -0.494 e. The summed E-state index contributed by atoms with van der Waals surface area (Å²) in [5.74, 6) is -0.376. The predicted octanol–water partition coefficient (Wildman–Crippen LogP) is 4.35. The van der Waals surface area contributed by atoms with Crippen LogP contribution in [-0.4, -0.2) is 20.9 Å². The summed E-state index contributed by atoms with van der Waals surface area (Å²) >= 11 is 5.04. The summed E-state index contributed by atoms with van der Waals surface area (Å²) < 4.78 is 39.6. The van der Waals surface area contributed by atoms with Crippen molar-refractivity contribution >= 4 is 24.1 Å². The lowest BCUT2D eigenvalue weighted by molar-refractivity contribution is -0.137. The quantitative estimate of drug-likeness (QED) is 0.620. The molecule has 25 heavy (non-hydrogen) atoms. The normalized spacial score (nSPS) is 13.3. The first-order chi connectivity index (χ1) is 11.6. The first-order valence-electron chi connectivity index (χ1n) is 7.44. The van der Waals surface area contributed by atoms with Crippen LogP contribution in [0.1, 0.15) is 37.4 Å². The van der Waals surface area contributed by atoms with Crippen LogP contribution in [0.25, 0.3) is 0 Å². The highest BCUT2D eigenvalue weighted by Gasteiger charge is 2.30. The fourth-order valence-corrected chi connectivity index (χ4v) is 2.52. The number of rotatable bonds is 4. The van der Waals surface area contributed by atoms with E-state index in [1.807, 2.05) is 13.8 Å². The van der Waals surface area contributed by atoms with Crippen molar-refractivity contribution in [2.75, 3.05) is 0 Å². The molecule has 0 saturated heterocycles. The van der Waals surface area contributed by atoms with Gasteiger partial charge >= 0.3 is 6.18 Å². The molecule has 1 aromatic carbocycles. The summed E-state index contributed by atoms with van der Waals surface area (Å²) in [5.41, 5.74) is -1.69. The molecule has 0 unspecified atom stereocenters. The van der Waals surface area contributed by atoms with Crippen molar-refractivity contribution in [2.24, 2.45) is 4.99 Å². The third-order valence-electron chi connectivity index (χ3n) is 3.70. The molecule has 1 atom stereocenters. The molecule has 9 heteroatoms. The molecular weight excluding hydrogens is 355 g/mol. The molecule has 0 fully saturated rings. The van der Waals surface area contributed by atoms with E-state index in [0.717, 1.165) is 18.3 Å². The van der Waals surface area contributed by atoms with Crippen molar-refractivity contribution in [3.05, 3.63) is 50.5 Å². The van der Waals surface area contributed by atoms with Gasteiger partial charge < -0.3 is 5.11 Å². The van der Waals surface area contributed by atoms with Gasteiger partial charge in [0.05, 0.1) is 11.3 Å². The van der Waals surface area contributed by atoms with E-state index in [4.69, 9.17) is 12.2 Å². The SMILES string of the molecule is CC[C@H](C)n1c(O)c(C=Nc2cccc(C(F)(F)F)c2)c(=O)[nH]c1=S. The molecule has 134 valence electrons. The number of alkyl halides is 3. The number of aromatic nitrogens is 2. The highest BCUT2D eigenvalue weighted by atomic mass is 32.1. The van der Waals surface area contributed by atoms with Crippen LogP contribution in [0.4, 0.5) is 18.9 Å². The van der Waals surface area contributed by atoms with E-state index < -0.39 is 17.3 Å². The zero-order valence-electron chi connectivity index (χ0n) is 13.5. The van der Waals surface area contributed by atoms with Crippen molar-refractivity contribution in [2.45, 2.75) is 32.5 Å². The third kappa shape index (κ3) is 4.16. The lowest BCUT2D eigenvalue weighted by Gasteiger charge is -2.16. The lowest BCUT2D eigenvalue weighted by atomic mass is 10.2. The Labute approximate surface area is 146 Å². The summed E-state index contributed by atoms with van der Waals surface area (Å²) in [5, 5.41) is 10.3. The maximum Gasteiger partial charge on any atom is 0.416 e. The van der Waals surface area contributed by atoms with E-state index in [1.54, 1.807) is 0 Å². The Morgan fingerprint density at radius 3 is 2.72 bits per heavy atom. The standard InChI is InChI=1S/C16H16F3N3O2S/c1-3-9(2)22-14(24)12(13(23)21-15(22)25)8-20-11-6-4-5-10(7-11)16(17,18)19/h4-9,24H,3H2,1-2H3,(H,21,23,25)/t9-/m0/s1. The molecule has 1 aromatic heterocycles. The van der Waals surface area contributed by atoms with Crippen molar-refractivity contribution < 1.29 is 18.3 Å². The van der Waals surface area contributed by atoms with Crippen molar-refractivity contribution in [1.82, 2.24) is 9.55 Å². The third-order valence-corrected chi connectivity index (χ3v) is 4.00. The Morgan fingerprint density at radius 1 is 1.44 bits per heavy atom. The Morgan fingerprint density at radius 2 is 2.12 bits per heavy atom. The number of halogens is 3. The minimum absolute atomic E-state index is 0.00571. The summed E-state index contributed by atoms with van der Waals surface area (Å²) in [6.07, 6.45) is -2.82. The van der Waals surface area contributed by atoms with E-state index in [9.17, 15) is 23.1 Å². The van der Waals surface area contributed by atoms with Gasteiger partial charge in [0.15, 0.2) is 4.77 Å². The van der Waals surface area contributed by atoms with Crippen molar-refractivity contribution in [3.8, 4) is 5.88 Å². The number of aromatic hydroxyl groups is 1. The number of hydrogen-bond donors (Lipinski definition) is 2. The highest BCUT2D eigenvalue weighted by Crippen LogP contribution is 2.31. The molecule has 0 aliphatic heterocycles. The van der Waals surface area contributed by atoms with E-state index in [-0.39, 0.29) is 27.9 Å². The van der Waals surface area contributed by atoms with Gasteiger partial charge in [0.2, 0.25) is 5.88 Å². The Hall–Kier alpha value is -2.42. The zero-order valence-corrected chi connectivity index (χ0v) is 14.3. The van der Waals surface area contributed by atoms with Crippen LogP contribution in [-0.2, 0) is 6.18 Å². The van der Waals surface area contributed by atoms with Crippen molar-refractivity contribution in [1.29, 1.82) is 0 Å². The summed E-state index contributed by atoms with van der Waals surface area (Å²) in [4.78, 5) is 18.3. The topological polar surface area (TPSA) is 70.4 Å². The van der Waals surface area contributed by atoms with Gasteiger partial charge in [0, 0.05) is 12.3 Å². The number of nitrogens with zero attached hydrogens (tertiary/aromatic N) is 2. The molecule has 2 N–H and O–H groups in total. The average Bonchev–Trinajstić information content (AvgIpc) is 2.53. The zero-order chi connectivity index (χ0) is 18.8. The fraction of sp³-hybridized carbons (Fsp3) is 0.312. The number of H-pyrrole nitrogens is 1. The average molecular weight is 371 g/mol. The summed E-state index contributed by atoms with van der Waals surface area (Å²) in [6.45, 7) is 3.69. The number of aromatic amines is 1. The summed E-state index contributed by atoms with van der Waals surface area (Å²) in [7, 11) is 0. The van der Waals surface area contributed by atoms with Crippen LogP contribution < -0.4 is 5.56 Å². The summed E-state index contributed by atoms with van der Waals surface area (Å²) in [6, 6.07) is 4.18. The molecule has 2 rings (SSSR count). The fourth-order valence-electron chi connectivity index (χ4n) is 2.16. The minimum atomic E-state index is -4.49. The maximum absolute atomic E-state index is 12.7. The molecule has 0 amide bonds. The van der Waals surface area contributed by atoms with E-state index in [1.165, 1.54) is 16.7 Å². The molecule has 0 aliphatic rings. The van der Waals surface area contributed by atoms with Crippen LogP contribution in [0.15, 0.2) is 34.1 Å². The van der Waals surface area contributed by atoms with Gasteiger partial charge in [0.25, 0.3) is 5.56 Å². The largest absolute Gasteiger partial charge is 0.494 e. The van der Waals surface area contributed by atoms with Crippen LogP contribution in [0, 0.1) is 4.77 Å². The molecule has 5 nitrogen and oxygen atoms in total. The molecule has 0 aliphatic carbocycles. The maximum atomic E-state index is 12.7. The molecule has 2 aromatic rings. The van der Waals surface area contributed by atoms with E-state index in [2.05, 4.69) is 9.98 Å². The van der Waals surface area contributed by atoms with Gasteiger partial charge in [-0.2, -0.15) is 13.2 Å². The molecule has 0 bridgehead atoms. The van der Waals surface area contributed by atoms with Crippen LogP contribution in [0.5, 0.6) is 5.88 Å². The lowest BCUT2D eigenvalue weighted by Crippen LogP contribution is -2.20. The van der Waals surface area contributed by atoms with Gasteiger partial charge in [-0.25, -0.2) is 0 Å². The van der Waals surface area contributed by atoms with Gasteiger partial charge in [-0.3, -0.25) is 19.3 Å². The molecule has 0 radical (unpaired) electrons. The number of nitrogens with one attached hydrogen (secondary N) is 1. The van der Waals surface area contributed by atoms with Gasteiger partial charge in [-0.15, -0.1) is 0 Å². The van der Waals surface area contributed by atoms with Crippen LogP contribution in [0.2, 0.25) is 0 Å². The molecule has 1 heterocycles. The second-order valence-electron chi connectivity index (χ2n) is 5.43. The molecule has 0 saturated carbocycles. The first-order valence-corrected chi connectivity index (χ1v) is 7.85. The Balaban J connectivity index is 2.49. The molecule has 0 spiro atoms. The second-order valence-corrected chi connectivity index (χ2v) is 5.82. The van der Waals surface area contributed by atoms with Crippen molar-refractivity contribution in [3.63, 3.8) is 0 Å². The molecular formula is C16H16F3N3O2S. The predicted molar refractivity (Wildman–Crippen MR) is 91.3 cm³/mol. The van der Waals surface area contributed by atoms with E-state index in [0.29, 0.717) is 6.42 Å². The first kappa shape index (κ1) is 18.9. The highest BCUT2D eigenvalue weighted by molar-refractivity contribution is 7.71. The monoisotopic (exact) mass is 371 g/mol.